The summed E-state index contributed by atoms with van der Waals surface area (Å²) in [6.45, 7) is 10.8. The van der Waals surface area contributed by atoms with Crippen LogP contribution in [0.5, 0.6) is 0 Å². The van der Waals surface area contributed by atoms with Crippen molar-refractivity contribution in [3.63, 3.8) is 0 Å². The molecular weight excluding hydrogens is 491 g/mol. The minimum Gasteiger partial charge on any atom is -0.352 e. The molecule has 30 heavy (non-hydrogen) atoms. The van der Waals surface area contributed by atoms with E-state index in [4.69, 9.17) is 4.52 Å². The van der Waals surface area contributed by atoms with Gasteiger partial charge in [-0.3, -0.25) is 9.89 Å². The molecule has 0 saturated carbocycles. The quantitative estimate of drug-likeness (QED) is 0.339. The zero-order valence-corrected chi connectivity index (χ0v) is 20.9. The zero-order valence-electron chi connectivity index (χ0n) is 18.6. The van der Waals surface area contributed by atoms with Gasteiger partial charge in [0.1, 0.15) is 0 Å². The summed E-state index contributed by atoms with van der Waals surface area (Å²) in [6.07, 6.45) is 4.03. The molecule has 0 aliphatic carbocycles. The van der Waals surface area contributed by atoms with Gasteiger partial charge in [-0.2, -0.15) is 4.98 Å². The number of guanidine groups is 1. The molecule has 3 rings (SSSR count). The van der Waals surface area contributed by atoms with Crippen LogP contribution in [0.4, 0.5) is 0 Å². The minimum atomic E-state index is -0.147. The second-order valence-electron chi connectivity index (χ2n) is 8.70. The molecule has 0 unspecified atom stereocenters. The number of aromatic nitrogens is 2. The summed E-state index contributed by atoms with van der Waals surface area (Å²) in [5, 5.41) is 10.6. The van der Waals surface area contributed by atoms with Gasteiger partial charge in [0, 0.05) is 25.6 Å². The molecular formula is C22H35IN6O. The maximum absolute atomic E-state index is 5.33. The standard InChI is InChI=1S/C22H34N6O.HI/c1-22(2,3)20-26-19(27-29-20)15-25-21(23-4)24-14-17-8-10-18(11-9-17)16-28-12-6-5-7-13-28;/h8-11H,5-7,12-16H2,1-4H3,(H2,23,24,25);1H. The number of hydrogen-bond acceptors (Lipinski definition) is 5. The fraction of sp³-hybridized carbons (Fsp3) is 0.591. The van der Waals surface area contributed by atoms with Gasteiger partial charge in [0.05, 0.1) is 6.54 Å². The molecule has 0 spiro atoms. The molecule has 1 aliphatic heterocycles. The predicted molar refractivity (Wildman–Crippen MR) is 131 cm³/mol. The number of aliphatic imine (C=N–C) groups is 1. The lowest BCUT2D eigenvalue weighted by atomic mass is 9.97. The van der Waals surface area contributed by atoms with E-state index in [-0.39, 0.29) is 29.4 Å². The molecule has 8 heteroatoms. The molecule has 1 aromatic heterocycles. The van der Waals surface area contributed by atoms with E-state index in [9.17, 15) is 0 Å². The smallest absolute Gasteiger partial charge is 0.232 e. The van der Waals surface area contributed by atoms with Crippen LogP contribution in [-0.2, 0) is 25.0 Å². The Bertz CT molecular complexity index is 791. The van der Waals surface area contributed by atoms with Gasteiger partial charge in [-0.05, 0) is 37.1 Å². The van der Waals surface area contributed by atoms with Crippen molar-refractivity contribution < 1.29 is 4.52 Å². The Morgan fingerprint density at radius 3 is 2.27 bits per heavy atom. The van der Waals surface area contributed by atoms with Gasteiger partial charge in [0.2, 0.25) is 5.89 Å². The minimum absolute atomic E-state index is 0. The number of nitrogens with one attached hydrogen (secondary N) is 2. The highest BCUT2D eigenvalue weighted by Gasteiger charge is 2.21. The third kappa shape index (κ3) is 7.54. The predicted octanol–water partition coefficient (Wildman–Crippen LogP) is 3.84. The SMILES string of the molecule is CN=C(NCc1ccc(CN2CCCCC2)cc1)NCc1noc(C(C)(C)C)n1.I. The molecule has 166 valence electrons. The summed E-state index contributed by atoms with van der Waals surface area (Å²) in [6, 6.07) is 8.84. The van der Waals surface area contributed by atoms with Crippen molar-refractivity contribution in [2.24, 2.45) is 4.99 Å². The Morgan fingerprint density at radius 1 is 1.03 bits per heavy atom. The topological polar surface area (TPSA) is 78.6 Å². The number of nitrogens with zero attached hydrogens (tertiary/aromatic N) is 4. The Hall–Kier alpha value is -1.68. The first-order valence-corrected chi connectivity index (χ1v) is 10.5. The normalized spacial score (nSPS) is 15.5. The average molecular weight is 526 g/mol. The van der Waals surface area contributed by atoms with Crippen LogP contribution in [0.2, 0.25) is 0 Å². The molecule has 2 heterocycles. The Morgan fingerprint density at radius 2 is 1.67 bits per heavy atom. The van der Waals surface area contributed by atoms with Gasteiger partial charge in [-0.25, -0.2) is 0 Å². The van der Waals surface area contributed by atoms with Gasteiger partial charge >= 0.3 is 0 Å². The van der Waals surface area contributed by atoms with Gasteiger partial charge in [-0.1, -0.05) is 56.6 Å². The number of rotatable bonds is 6. The monoisotopic (exact) mass is 526 g/mol. The van der Waals surface area contributed by atoms with E-state index < -0.39 is 0 Å². The van der Waals surface area contributed by atoms with Crippen molar-refractivity contribution >= 4 is 29.9 Å². The summed E-state index contributed by atoms with van der Waals surface area (Å²) in [7, 11) is 1.76. The first-order chi connectivity index (χ1) is 13.9. The van der Waals surface area contributed by atoms with Crippen molar-refractivity contribution in [2.75, 3.05) is 20.1 Å². The number of hydrogen-bond donors (Lipinski definition) is 2. The van der Waals surface area contributed by atoms with Crippen LogP contribution in [0.1, 0.15) is 62.9 Å². The number of piperidine rings is 1. The van der Waals surface area contributed by atoms with Crippen LogP contribution in [-0.4, -0.2) is 41.1 Å². The molecule has 1 aliphatic rings. The maximum atomic E-state index is 5.33. The summed E-state index contributed by atoms with van der Waals surface area (Å²) in [4.78, 5) is 11.3. The molecule has 0 radical (unpaired) electrons. The lowest BCUT2D eigenvalue weighted by Crippen LogP contribution is -2.36. The van der Waals surface area contributed by atoms with Crippen molar-refractivity contribution in [3.8, 4) is 0 Å². The molecule has 1 fully saturated rings. The van der Waals surface area contributed by atoms with E-state index in [1.54, 1.807) is 7.05 Å². The van der Waals surface area contributed by atoms with Crippen LogP contribution in [0.3, 0.4) is 0 Å². The first-order valence-electron chi connectivity index (χ1n) is 10.5. The Labute approximate surface area is 197 Å². The molecule has 7 nitrogen and oxygen atoms in total. The number of benzene rings is 1. The van der Waals surface area contributed by atoms with E-state index in [1.807, 2.05) is 0 Å². The van der Waals surface area contributed by atoms with Crippen LogP contribution >= 0.6 is 24.0 Å². The lowest BCUT2D eigenvalue weighted by molar-refractivity contribution is 0.221. The van der Waals surface area contributed by atoms with Gasteiger partial charge in [-0.15, -0.1) is 24.0 Å². The summed E-state index contributed by atoms with van der Waals surface area (Å²) < 4.78 is 5.33. The van der Waals surface area contributed by atoms with Gasteiger partial charge in [0.25, 0.3) is 0 Å². The third-order valence-corrected chi connectivity index (χ3v) is 5.09. The zero-order chi connectivity index (χ0) is 20.7. The van der Waals surface area contributed by atoms with Crippen LogP contribution in [0, 0.1) is 0 Å². The number of likely N-dealkylation sites (tertiary alicyclic amines) is 1. The first kappa shape index (κ1) is 24.6. The van der Waals surface area contributed by atoms with E-state index in [0.29, 0.717) is 30.8 Å². The highest BCUT2D eigenvalue weighted by Crippen LogP contribution is 2.19. The Kier molecular flexibility index (Phi) is 9.54. The molecule has 1 saturated heterocycles. The van der Waals surface area contributed by atoms with E-state index >= 15 is 0 Å². The van der Waals surface area contributed by atoms with Crippen molar-refractivity contribution in [1.29, 1.82) is 0 Å². The third-order valence-electron chi connectivity index (χ3n) is 5.09. The largest absolute Gasteiger partial charge is 0.352 e. The van der Waals surface area contributed by atoms with Crippen molar-refractivity contribution in [2.45, 2.75) is 65.1 Å². The Balaban J connectivity index is 0.00000320. The molecule has 2 aromatic rings. The highest BCUT2D eigenvalue weighted by molar-refractivity contribution is 14.0. The second kappa shape index (κ2) is 11.6. The fourth-order valence-corrected chi connectivity index (χ4v) is 3.34. The second-order valence-corrected chi connectivity index (χ2v) is 8.70. The molecule has 0 bridgehead atoms. The van der Waals surface area contributed by atoms with Gasteiger partial charge < -0.3 is 15.2 Å². The van der Waals surface area contributed by atoms with Crippen molar-refractivity contribution in [1.82, 2.24) is 25.7 Å². The summed E-state index contributed by atoms with van der Waals surface area (Å²) in [5.74, 6) is 1.98. The van der Waals surface area contributed by atoms with E-state index in [1.165, 1.54) is 43.5 Å². The van der Waals surface area contributed by atoms with Crippen LogP contribution < -0.4 is 10.6 Å². The van der Waals surface area contributed by atoms with Gasteiger partial charge in [0.15, 0.2) is 11.8 Å². The fourth-order valence-electron chi connectivity index (χ4n) is 3.34. The van der Waals surface area contributed by atoms with E-state index in [0.717, 1.165) is 6.54 Å². The summed E-state index contributed by atoms with van der Waals surface area (Å²) in [5.41, 5.74) is 2.46. The maximum Gasteiger partial charge on any atom is 0.232 e. The summed E-state index contributed by atoms with van der Waals surface area (Å²) >= 11 is 0. The number of halogens is 1. The lowest BCUT2D eigenvalue weighted by Gasteiger charge is -2.26. The molecule has 1 aromatic carbocycles. The van der Waals surface area contributed by atoms with Crippen molar-refractivity contribution in [3.05, 3.63) is 47.1 Å². The van der Waals surface area contributed by atoms with Crippen LogP contribution in [0.15, 0.2) is 33.8 Å². The van der Waals surface area contributed by atoms with E-state index in [2.05, 4.69) is 75.7 Å². The molecule has 0 amide bonds. The average Bonchev–Trinajstić information content (AvgIpc) is 3.20. The molecule has 2 N–H and O–H groups in total. The van der Waals surface area contributed by atoms with Crippen LogP contribution in [0.25, 0.3) is 0 Å². The molecule has 0 atom stereocenters. The highest BCUT2D eigenvalue weighted by atomic mass is 127.